The maximum atomic E-state index is 11.3. The number of aromatic nitrogens is 1. The van der Waals surface area contributed by atoms with E-state index < -0.39 is 0 Å². The Morgan fingerprint density at radius 2 is 2.19 bits per heavy atom. The Bertz CT molecular complexity index is 350. The first-order valence-corrected chi connectivity index (χ1v) is 5.38. The van der Waals surface area contributed by atoms with E-state index in [2.05, 4.69) is 4.98 Å². The summed E-state index contributed by atoms with van der Waals surface area (Å²) in [4.78, 5) is 15.3. The highest BCUT2D eigenvalue weighted by Crippen LogP contribution is 2.13. The molecule has 0 saturated carbocycles. The average Bonchev–Trinajstić information content (AvgIpc) is 2.17. The van der Waals surface area contributed by atoms with E-state index in [0.717, 1.165) is 5.56 Å². The molecule has 0 fully saturated rings. The maximum Gasteiger partial charge on any atom is 0.310 e. The average molecular weight is 223 g/mol. The van der Waals surface area contributed by atoms with Gasteiger partial charge >= 0.3 is 5.97 Å². The molecule has 1 heterocycles. The molecular formula is C12H17NO3. The number of carbonyl (C=O) groups is 1. The molecular weight excluding hydrogens is 206 g/mol. The minimum Gasteiger partial charge on any atom is -0.489 e. The first-order valence-electron chi connectivity index (χ1n) is 5.38. The standard InChI is InChI=1S/C12H17NO3/c1-4-15-12(14)6-10-5-11(8-13-7-10)16-9(2)3/h5,7-9H,4,6H2,1-3H3. The lowest BCUT2D eigenvalue weighted by Crippen LogP contribution is -2.09. The van der Waals surface area contributed by atoms with Gasteiger partial charge in [-0.2, -0.15) is 0 Å². The molecule has 0 N–H and O–H groups in total. The molecule has 0 aromatic carbocycles. The van der Waals surface area contributed by atoms with E-state index in [1.165, 1.54) is 0 Å². The van der Waals surface area contributed by atoms with E-state index in [0.29, 0.717) is 12.4 Å². The maximum absolute atomic E-state index is 11.3. The lowest BCUT2D eigenvalue weighted by molar-refractivity contribution is -0.142. The van der Waals surface area contributed by atoms with Gasteiger partial charge in [-0.15, -0.1) is 0 Å². The van der Waals surface area contributed by atoms with Gasteiger partial charge < -0.3 is 9.47 Å². The predicted octanol–water partition coefficient (Wildman–Crippen LogP) is 1.97. The minimum absolute atomic E-state index is 0.0969. The summed E-state index contributed by atoms with van der Waals surface area (Å²) in [6, 6.07) is 1.81. The van der Waals surface area contributed by atoms with Gasteiger partial charge in [-0.1, -0.05) is 0 Å². The highest BCUT2D eigenvalue weighted by Gasteiger charge is 2.06. The number of nitrogens with zero attached hydrogens (tertiary/aromatic N) is 1. The van der Waals surface area contributed by atoms with Crippen LogP contribution >= 0.6 is 0 Å². The SMILES string of the molecule is CCOC(=O)Cc1cncc(OC(C)C)c1. The van der Waals surface area contributed by atoms with Crippen molar-refractivity contribution < 1.29 is 14.3 Å². The first kappa shape index (κ1) is 12.5. The Morgan fingerprint density at radius 1 is 1.44 bits per heavy atom. The van der Waals surface area contributed by atoms with Gasteiger partial charge in [0.15, 0.2) is 0 Å². The van der Waals surface area contributed by atoms with Gasteiger partial charge in [0.05, 0.1) is 25.3 Å². The summed E-state index contributed by atoms with van der Waals surface area (Å²) in [7, 11) is 0. The molecule has 1 rings (SSSR count). The largest absolute Gasteiger partial charge is 0.489 e. The van der Waals surface area contributed by atoms with Crippen LogP contribution in [0.3, 0.4) is 0 Å². The molecule has 16 heavy (non-hydrogen) atoms. The Hall–Kier alpha value is -1.58. The lowest BCUT2D eigenvalue weighted by atomic mass is 10.2. The zero-order chi connectivity index (χ0) is 12.0. The summed E-state index contributed by atoms with van der Waals surface area (Å²) >= 11 is 0. The third-order valence-corrected chi connectivity index (χ3v) is 1.80. The van der Waals surface area contributed by atoms with Crippen molar-refractivity contribution in [2.75, 3.05) is 6.61 Å². The first-order chi connectivity index (χ1) is 7.61. The van der Waals surface area contributed by atoms with Crippen molar-refractivity contribution in [3.05, 3.63) is 24.0 Å². The van der Waals surface area contributed by atoms with Gasteiger partial charge in [-0.3, -0.25) is 9.78 Å². The van der Waals surface area contributed by atoms with Gasteiger partial charge in [-0.25, -0.2) is 0 Å². The van der Waals surface area contributed by atoms with Crippen LogP contribution in [-0.2, 0) is 16.0 Å². The topological polar surface area (TPSA) is 48.4 Å². The quantitative estimate of drug-likeness (QED) is 0.716. The van der Waals surface area contributed by atoms with Crippen molar-refractivity contribution in [3.8, 4) is 5.75 Å². The normalized spacial score (nSPS) is 10.2. The van der Waals surface area contributed by atoms with Crippen molar-refractivity contribution in [2.45, 2.75) is 33.3 Å². The fraction of sp³-hybridized carbons (Fsp3) is 0.500. The minimum atomic E-state index is -0.244. The van der Waals surface area contributed by atoms with Crippen molar-refractivity contribution in [2.24, 2.45) is 0 Å². The molecule has 0 unspecified atom stereocenters. The van der Waals surface area contributed by atoms with Crippen LogP contribution in [0.4, 0.5) is 0 Å². The molecule has 0 bridgehead atoms. The fourth-order valence-corrected chi connectivity index (χ4v) is 1.28. The second kappa shape index (κ2) is 6.10. The second-order valence-electron chi connectivity index (χ2n) is 3.68. The van der Waals surface area contributed by atoms with E-state index in [1.54, 1.807) is 19.3 Å². The van der Waals surface area contributed by atoms with E-state index in [1.807, 2.05) is 19.9 Å². The summed E-state index contributed by atoms with van der Waals surface area (Å²) < 4.78 is 10.3. The Balaban J connectivity index is 2.63. The molecule has 0 aliphatic rings. The molecule has 1 aromatic heterocycles. The number of hydrogen-bond donors (Lipinski definition) is 0. The molecule has 0 aliphatic heterocycles. The molecule has 0 amide bonds. The number of rotatable bonds is 5. The zero-order valence-electron chi connectivity index (χ0n) is 9.90. The molecule has 4 nitrogen and oxygen atoms in total. The molecule has 88 valence electrons. The molecule has 4 heteroatoms. The van der Waals surface area contributed by atoms with Crippen LogP contribution in [0.15, 0.2) is 18.5 Å². The van der Waals surface area contributed by atoms with Gasteiger partial charge in [0, 0.05) is 6.20 Å². The highest BCUT2D eigenvalue weighted by atomic mass is 16.5. The van der Waals surface area contributed by atoms with E-state index in [4.69, 9.17) is 9.47 Å². The second-order valence-corrected chi connectivity index (χ2v) is 3.68. The Morgan fingerprint density at radius 3 is 2.81 bits per heavy atom. The van der Waals surface area contributed by atoms with Crippen LogP contribution < -0.4 is 4.74 Å². The molecule has 0 saturated heterocycles. The molecule has 0 atom stereocenters. The summed E-state index contributed by atoms with van der Waals surface area (Å²) in [5.74, 6) is 0.433. The van der Waals surface area contributed by atoms with Crippen molar-refractivity contribution in [3.63, 3.8) is 0 Å². The van der Waals surface area contributed by atoms with Crippen molar-refractivity contribution in [1.82, 2.24) is 4.98 Å². The van der Waals surface area contributed by atoms with E-state index in [9.17, 15) is 4.79 Å². The van der Waals surface area contributed by atoms with Crippen LogP contribution in [0, 0.1) is 0 Å². The Kier molecular flexibility index (Phi) is 4.76. The molecule has 0 spiro atoms. The predicted molar refractivity (Wildman–Crippen MR) is 60.3 cm³/mol. The molecule has 1 aromatic rings. The van der Waals surface area contributed by atoms with Gasteiger partial charge in [-0.05, 0) is 32.4 Å². The van der Waals surface area contributed by atoms with Crippen LogP contribution in [0.1, 0.15) is 26.3 Å². The smallest absolute Gasteiger partial charge is 0.310 e. The molecule has 0 radical (unpaired) electrons. The third-order valence-electron chi connectivity index (χ3n) is 1.80. The van der Waals surface area contributed by atoms with Crippen LogP contribution in [0.25, 0.3) is 0 Å². The summed E-state index contributed by atoms with van der Waals surface area (Å²) in [5.41, 5.74) is 0.802. The summed E-state index contributed by atoms with van der Waals surface area (Å²) in [6.07, 6.45) is 3.61. The lowest BCUT2D eigenvalue weighted by Gasteiger charge is -2.10. The zero-order valence-corrected chi connectivity index (χ0v) is 9.90. The van der Waals surface area contributed by atoms with Crippen molar-refractivity contribution >= 4 is 5.97 Å². The van der Waals surface area contributed by atoms with Crippen LogP contribution in [0.2, 0.25) is 0 Å². The van der Waals surface area contributed by atoms with Gasteiger partial charge in [0.25, 0.3) is 0 Å². The van der Waals surface area contributed by atoms with E-state index in [-0.39, 0.29) is 18.5 Å². The number of hydrogen-bond acceptors (Lipinski definition) is 4. The van der Waals surface area contributed by atoms with Gasteiger partial charge in [0.1, 0.15) is 5.75 Å². The number of ether oxygens (including phenoxy) is 2. The number of esters is 1. The number of carbonyl (C=O) groups excluding carboxylic acids is 1. The summed E-state index contributed by atoms with van der Waals surface area (Å²) in [5, 5.41) is 0. The summed E-state index contributed by atoms with van der Waals surface area (Å²) in [6.45, 7) is 6.07. The van der Waals surface area contributed by atoms with Crippen LogP contribution in [-0.4, -0.2) is 23.7 Å². The van der Waals surface area contributed by atoms with Crippen molar-refractivity contribution in [1.29, 1.82) is 0 Å². The highest BCUT2D eigenvalue weighted by molar-refractivity contribution is 5.72. The molecule has 0 aliphatic carbocycles. The number of pyridine rings is 1. The monoisotopic (exact) mass is 223 g/mol. The fourth-order valence-electron chi connectivity index (χ4n) is 1.28. The Labute approximate surface area is 95.6 Å². The van der Waals surface area contributed by atoms with Gasteiger partial charge in [0.2, 0.25) is 0 Å². The third kappa shape index (κ3) is 4.29. The van der Waals surface area contributed by atoms with E-state index >= 15 is 0 Å². The van der Waals surface area contributed by atoms with Crippen LogP contribution in [0.5, 0.6) is 5.75 Å².